The van der Waals surface area contributed by atoms with Gasteiger partial charge in [0.15, 0.2) is 12.6 Å². The zero-order valence-corrected chi connectivity index (χ0v) is 31.8. The fourth-order valence-corrected chi connectivity index (χ4v) is 12.0. The maximum atomic E-state index is 14.1. The lowest BCUT2D eigenvalue weighted by molar-refractivity contribution is -0.378. The van der Waals surface area contributed by atoms with E-state index in [4.69, 9.17) is 28.4 Å². The summed E-state index contributed by atoms with van der Waals surface area (Å²) in [5.74, 6) is -0.591. The van der Waals surface area contributed by atoms with Crippen LogP contribution < -0.4 is 0 Å². The summed E-state index contributed by atoms with van der Waals surface area (Å²) in [4.78, 5) is 14.1. The van der Waals surface area contributed by atoms with E-state index in [2.05, 4.69) is 13.5 Å². The zero-order chi connectivity index (χ0) is 40.7. The van der Waals surface area contributed by atoms with Crippen molar-refractivity contribution in [1.82, 2.24) is 0 Å². The molecule has 1 unspecified atom stereocenters. The predicted octanol–water partition coefficient (Wildman–Crippen LogP) is -2.94. The summed E-state index contributed by atoms with van der Waals surface area (Å²) in [7, 11) is 0. The molecule has 18 heteroatoms. The van der Waals surface area contributed by atoms with Crippen LogP contribution in [0.15, 0.2) is 12.2 Å². The molecule has 3 saturated heterocycles. The van der Waals surface area contributed by atoms with Crippen molar-refractivity contribution in [2.75, 3.05) is 19.8 Å². The molecule has 320 valence electrons. The van der Waals surface area contributed by atoms with Gasteiger partial charge < -0.3 is 84.6 Å². The van der Waals surface area contributed by atoms with Gasteiger partial charge in [-0.2, -0.15) is 0 Å². The Bertz CT molecular complexity index is 1450. The Hall–Kier alpha value is -1.43. The number of hydrogen-bond donors (Lipinski definition) is 11. The van der Waals surface area contributed by atoms with Gasteiger partial charge in [-0.25, -0.2) is 0 Å². The van der Waals surface area contributed by atoms with Crippen LogP contribution in [0, 0.1) is 28.1 Å². The van der Waals surface area contributed by atoms with E-state index in [1.165, 1.54) is 0 Å². The van der Waals surface area contributed by atoms with Gasteiger partial charge in [0.25, 0.3) is 0 Å². The molecule has 11 N–H and O–H groups in total. The molecule has 1 spiro atoms. The quantitative estimate of drug-likeness (QED) is 0.0631. The van der Waals surface area contributed by atoms with E-state index in [9.17, 15) is 61.0 Å². The van der Waals surface area contributed by atoms with Crippen LogP contribution in [-0.4, -0.2) is 180 Å². The van der Waals surface area contributed by atoms with E-state index >= 15 is 0 Å². The van der Waals surface area contributed by atoms with Crippen LogP contribution >= 0.6 is 0 Å². The maximum absolute atomic E-state index is 14.1. The Labute approximate surface area is 324 Å². The van der Waals surface area contributed by atoms with Crippen molar-refractivity contribution in [1.29, 1.82) is 0 Å². The number of carbonyl (C=O) groups excluding carboxylic acids is 1. The van der Waals surface area contributed by atoms with Crippen LogP contribution in [0.25, 0.3) is 0 Å². The first kappa shape index (κ1) is 42.7. The molecule has 3 aliphatic heterocycles. The summed E-state index contributed by atoms with van der Waals surface area (Å²) in [5.41, 5.74) is -1.80. The van der Waals surface area contributed by atoms with Crippen LogP contribution in [0.1, 0.15) is 71.6 Å². The minimum Gasteiger partial charge on any atom is -0.432 e. The van der Waals surface area contributed by atoms with Gasteiger partial charge in [-0.1, -0.05) is 19.9 Å². The molecule has 7 rings (SSSR count). The molecular formula is C38H60O18. The van der Waals surface area contributed by atoms with Crippen molar-refractivity contribution in [2.24, 2.45) is 28.1 Å². The summed E-state index contributed by atoms with van der Waals surface area (Å²) in [6.07, 6.45) is -17.8. The van der Waals surface area contributed by atoms with Gasteiger partial charge in [0, 0.05) is 0 Å². The molecule has 2 bridgehead atoms. The molecule has 3 heterocycles. The first-order chi connectivity index (χ1) is 26.4. The number of aliphatic hydroxyl groups is 11. The fourth-order valence-electron chi connectivity index (χ4n) is 12.0. The molecule has 56 heavy (non-hydrogen) atoms. The summed E-state index contributed by atoms with van der Waals surface area (Å²) in [6.45, 7) is 6.52. The Morgan fingerprint density at radius 3 is 1.82 bits per heavy atom. The molecule has 7 fully saturated rings. The molecule has 0 aromatic carbocycles. The smallest absolute Gasteiger partial charge is 0.314 e. The van der Waals surface area contributed by atoms with Crippen LogP contribution in [-0.2, 0) is 33.2 Å². The van der Waals surface area contributed by atoms with Crippen LogP contribution in [0.2, 0.25) is 0 Å². The van der Waals surface area contributed by atoms with E-state index in [-0.39, 0.29) is 22.7 Å². The van der Waals surface area contributed by atoms with Gasteiger partial charge in [0.2, 0.25) is 6.29 Å². The van der Waals surface area contributed by atoms with Gasteiger partial charge in [0.1, 0.15) is 73.2 Å². The van der Waals surface area contributed by atoms with E-state index < -0.39 is 129 Å². The molecule has 0 radical (unpaired) electrons. The van der Waals surface area contributed by atoms with Crippen molar-refractivity contribution in [3.8, 4) is 0 Å². The SMILES string of the molecule is C=C1C[C@@]23CC[C@@H]4[C@](C)(CCC[C@]4(C)C(=O)O[C@H]4O[C@@H](CO)[C@H](O)[C@@H](O)[C@@H]4O)[C@H]2CCC1(O[C@H]1O[C@@H](CO)[C@H](O)[C@@H](O)[C@@H]1O[C@H]1O[C@@H](CO)[C@H](O)[C@@H](O)[C@@H]1O)C3. The highest BCUT2D eigenvalue weighted by Crippen LogP contribution is 2.73. The molecule has 4 aliphatic carbocycles. The third-order valence-electron chi connectivity index (χ3n) is 15.0. The Morgan fingerprint density at radius 2 is 1.21 bits per heavy atom. The van der Waals surface area contributed by atoms with Crippen molar-refractivity contribution < 1.29 is 89.4 Å². The standard InChI is InChI=1S/C38H60O18/c1-16-11-37-9-5-20-35(2,7-4-8-36(20,3)34(50)55-32-29(49)26(46)23(43)18(13-40)52-32)21(37)6-10-38(16,15-37)56-33-30(27(47)24(44)19(14-41)53-33)54-31-28(48)25(45)22(42)17(12-39)51-31/h17-33,39-49H,1,4-15H2,2-3H3/t17-,18-,19-,20+,21+,22-,23-,24-,25+,26+,27+,28-,29-,30-,31+,32+,33+,35-,36-,37+,38?/m0/s1. The maximum Gasteiger partial charge on any atom is 0.314 e. The Morgan fingerprint density at radius 1 is 0.679 bits per heavy atom. The second kappa shape index (κ2) is 15.6. The topological polar surface area (TPSA) is 295 Å². The van der Waals surface area contributed by atoms with E-state index in [0.717, 1.165) is 18.4 Å². The summed E-state index contributed by atoms with van der Waals surface area (Å²) < 4.78 is 35.6. The van der Waals surface area contributed by atoms with Gasteiger partial charge in [0.05, 0.1) is 30.8 Å². The summed E-state index contributed by atoms with van der Waals surface area (Å²) >= 11 is 0. The Balaban J connectivity index is 1.10. The molecular weight excluding hydrogens is 744 g/mol. The van der Waals surface area contributed by atoms with Crippen molar-refractivity contribution in [2.45, 2.75) is 169 Å². The fraction of sp³-hybridized carbons (Fsp3) is 0.921. The lowest BCUT2D eigenvalue weighted by atomic mass is 9.41. The largest absolute Gasteiger partial charge is 0.432 e. The average molecular weight is 805 g/mol. The number of rotatable bonds is 9. The summed E-state index contributed by atoms with van der Waals surface area (Å²) in [5, 5.41) is 114. The van der Waals surface area contributed by atoms with E-state index in [1.54, 1.807) is 0 Å². The minimum atomic E-state index is -1.81. The number of aliphatic hydroxyl groups excluding tert-OH is 11. The van der Waals surface area contributed by atoms with Gasteiger partial charge in [-0.05, 0) is 86.5 Å². The predicted molar refractivity (Wildman–Crippen MR) is 186 cm³/mol. The van der Waals surface area contributed by atoms with E-state index in [0.29, 0.717) is 44.9 Å². The van der Waals surface area contributed by atoms with Gasteiger partial charge in [-0.3, -0.25) is 4.79 Å². The second-order valence-electron chi connectivity index (χ2n) is 18.0. The molecule has 0 aromatic heterocycles. The first-order valence-corrected chi connectivity index (χ1v) is 19.9. The Kier molecular flexibility index (Phi) is 11.9. The van der Waals surface area contributed by atoms with Crippen molar-refractivity contribution in [3.63, 3.8) is 0 Å². The number of ether oxygens (including phenoxy) is 6. The first-order valence-electron chi connectivity index (χ1n) is 19.9. The summed E-state index contributed by atoms with van der Waals surface area (Å²) in [6, 6.07) is 0. The highest BCUT2D eigenvalue weighted by atomic mass is 16.8. The van der Waals surface area contributed by atoms with Crippen LogP contribution in [0.3, 0.4) is 0 Å². The molecule has 0 aromatic rings. The second-order valence-corrected chi connectivity index (χ2v) is 18.0. The number of hydrogen-bond acceptors (Lipinski definition) is 18. The lowest BCUT2D eigenvalue weighted by Gasteiger charge is -2.64. The normalized spacial score (nSPS) is 54.6. The monoisotopic (exact) mass is 804 g/mol. The van der Waals surface area contributed by atoms with Crippen LogP contribution in [0.5, 0.6) is 0 Å². The van der Waals surface area contributed by atoms with Gasteiger partial charge in [-0.15, -0.1) is 0 Å². The highest BCUT2D eigenvalue weighted by molar-refractivity contribution is 5.77. The van der Waals surface area contributed by atoms with Gasteiger partial charge >= 0.3 is 5.97 Å². The average Bonchev–Trinajstić information content (AvgIpc) is 3.37. The third-order valence-corrected chi connectivity index (χ3v) is 15.0. The number of fused-ring (bicyclic) bond motifs is 3. The van der Waals surface area contributed by atoms with Crippen molar-refractivity contribution in [3.05, 3.63) is 12.2 Å². The third kappa shape index (κ3) is 6.69. The number of esters is 1. The highest BCUT2D eigenvalue weighted by Gasteiger charge is 2.69. The molecule has 0 amide bonds. The molecule has 4 saturated carbocycles. The minimum absolute atomic E-state index is 0.121. The molecule has 18 nitrogen and oxygen atoms in total. The van der Waals surface area contributed by atoms with Crippen LogP contribution in [0.4, 0.5) is 0 Å². The lowest BCUT2D eigenvalue weighted by Crippen LogP contribution is -2.65. The molecule has 21 atom stereocenters. The van der Waals surface area contributed by atoms with E-state index in [1.807, 2.05) is 6.92 Å². The van der Waals surface area contributed by atoms with Crippen molar-refractivity contribution >= 4 is 5.97 Å². The number of carbonyl (C=O) groups is 1. The zero-order valence-electron chi connectivity index (χ0n) is 31.8. The molecule has 7 aliphatic rings.